The zero-order valence-electron chi connectivity index (χ0n) is 14.2. The summed E-state index contributed by atoms with van der Waals surface area (Å²) in [6.07, 6.45) is 5.79. The second-order valence-electron chi connectivity index (χ2n) is 5.48. The number of methoxy groups -OCH3 is 1. The second kappa shape index (κ2) is 8.59. The number of rotatable bonds is 8. The Kier molecular flexibility index (Phi) is 6.49. The molecule has 2 rings (SSSR count). The van der Waals surface area contributed by atoms with E-state index < -0.39 is 10.1 Å². The average molecular weight is 364 g/mol. The summed E-state index contributed by atoms with van der Waals surface area (Å²) >= 11 is 0. The number of hydrogen-bond donors (Lipinski definition) is 1. The van der Waals surface area contributed by atoms with Gasteiger partial charge in [-0.05, 0) is 24.3 Å². The summed E-state index contributed by atoms with van der Waals surface area (Å²) in [7, 11) is -0.415. The van der Waals surface area contributed by atoms with Crippen LogP contribution in [0.25, 0.3) is 0 Å². The lowest BCUT2D eigenvalue weighted by molar-refractivity contribution is -0.696. The first-order valence-corrected chi connectivity index (χ1v) is 9.34. The van der Waals surface area contributed by atoms with Gasteiger partial charge in [-0.1, -0.05) is 0 Å². The van der Waals surface area contributed by atoms with Gasteiger partial charge in [0.25, 0.3) is 10.1 Å². The highest BCUT2D eigenvalue weighted by Gasteiger charge is 2.07. The van der Waals surface area contributed by atoms with Gasteiger partial charge in [0.2, 0.25) is 0 Å². The molecule has 0 atom stereocenters. The summed E-state index contributed by atoms with van der Waals surface area (Å²) in [6.45, 7) is 0.517. The summed E-state index contributed by atoms with van der Waals surface area (Å²) in [5, 5.41) is 6.15. The standard InChI is InChI=1S/C17H21N3O4S/c1-19(16-4-6-17(24-2)7-5-16)18-14-15-8-11-20(12-9-15)10-3-13-25(21,22)23/h4-9,11-12,14H,3,10,13H2,1-2H3/p+1. The number of hydrogen-bond acceptors (Lipinski definition) is 5. The fourth-order valence-corrected chi connectivity index (χ4v) is 2.65. The smallest absolute Gasteiger partial charge is 0.265 e. The lowest BCUT2D eigenvalue weighted by atomic mass is 10.3. The zero-order valence-corrected chi connectivity index (χ0v) is 15.1. The van der Waals surface area contributed by atoms with Gasteiger partial charge >= 0.3 is 0 Å². The molecule has 0 saturated heterocycles. The van der Waals surface area contributed by atoms with Crippen LogP contribution >= 0.6 is 0 Å². The maximum Gasteiger partial charge on any atom is 0.265 e. The number of anilines is 1. The highest BCUT2D eigenvalue weighted by atomic mass is 32.2. The van der Waals surface area contributed by atoms with Crippen LogP contribution in [0.3, 0.4) is 0 Å². The summed E-state index contributed by atoms with van der Waals surface area (Å²) in [5.41, 5.74) is 1.86. The van der Waals surface area contributed by atoms with Gasteiger partial charge in [-0.2, -0.15) is 13.5 Å². The highest BCUT2D eigenvalue weighted by molar-refractivity contribution is 7.85. The predicted octanol–water partition coefficient (Wildman–Crippen LogP) is 1.73. The largest absolute Gasteiger partial charge is 0.497 e. The molecule has 0 aliphatic rings. The Hall–Kier alpha value is -2.45. The van der Waals surface area contributed by atoms with Crippen LogP contribution in [0, 0.1) is 0 Å². The van der Waals surface area contributed by atoms with Crippen LogP contribution in [0.5, 0.6) is 5.75 Å². The fraction of sp³-hybridized carbons (Fsp3) is 0.294. The monoisotopic (exact) mass is 364 g/mol. The van der Waals surface area contributed by atoms with Crippen molar-refractivity contribution in [2.75, 3.05) is 24.9 Å². The summed E-state index contributed by atoms with van der Waals surface area (Å²) in [6, 6.07) is 11.4. The molecule has 1 aromatic heterocycles. The molecule has 1 aromatic carbocycles. The van der Waals surface area contributed by atoms with Crippen molar-refractivity contribution >= 4 is 22.0 Å². The predicted molar refractivity (Wildman–Crippen MR) is 96.7 cm³/mol. The first-order valence-electron chi connectivity index (χ1n) is 7.73. The Morgan fingerprint density at radius 1 is 1.20 bits per heavy atom. The Morgan fingerprint density at radius 2 is 1.84 bits per heavy atom. The normalized spacial score (nSPS) is 11.6. The van der Waals surface area contributed by atoms with E-state index in [1.165, 1.54) is 0 Å². The first-order chi connectivity index (χ1) is 11.9. The molecule has 1 heterocycles. The summed E-state index contributed by atoms with van der Waals surface area (Å²) in [4.78, 5) is 0. The van der Waals surface area contributed by atoms with Gasteiger partial charge in [-0.15, -0.1) is 0 Å². The van der Waals surface area contributed by atoms with Gasteiger partial charge in [0.1, 0.15) is 12.3 Å². The molecule has 0 aliphatic carbocycles. The van der Waals surface area contributed by atoms with E-state index in [1.54, 1.807) is 18.3 Å². The summed E-state index contributed by atoms with van der Waals surface area (Å²) < 4.78 is 37.1. The SMILES string of the molecule is COc1ccc(N(C)/N=C/c2cc[n+](CCCS(=O)(=O)O)cc2)cc1. The number of aryl methyl sites for hydroxylation is 1. The van der Waals surface area contributed by atoms with Crippen molar-refractivity contribution in [2.45, 2.75) is 13.0 Å². The van der Waals surface area contributed by atoms with E-state index >= 15 is 0 Å². The van der Waals surface area contributed by atoms with Crippen LogP contribution in [0.4, 0.5) is 5.69 Å². The lowest BCUT2D eigenvalue weighted by Crippen LogP contribution is -2.33. The van der Waals surface area contributed by atoms with Crippen molar-refractivity contribution in [3.63, 3.8) is 0 Å². The van der Waals surface area contributed by atoms with E-state index in [-0.39, 0.29) is 5.75 Å². The van der Waals surface area contributed by atoms with Gasteiger partial charge in [-0.25, -0.2) is 4.57 Å². The molecule has 2 aromatic rings. The van der Waals surface area contributed by atoms with Crippen LogP contribution in [0.1, 0.15) is 12.0 Å². The van der Waals surface area contributed by atoms with Crippen molar-refractivity contribution in [1.29, 1.82) is 0 Å². The number of ether oxygens (including phenoxy) is 1. The molecule has 0 amide bonds. The number of pyridine rings is 1. The van der Waals surface area contributed by atoms with E-state index in [4.69, 9.17) is 9.29 Å². The number of nitrogens with zero attached hydrogens (tertiary/aromatic N) is 3. The van der Waals surface area contributed by atoms with Crippen LogP contribution in [-0.4, -0.2) is 39.1 Å². The fourth-order valence-electron chi connectivity index (χ4n) is 2.15. The Balaban J connectivity index is 1.91. The van der Waals surface area contributed by atoms with Crippen molar-refractivity contribution < 1.29 is 22.3 Å². The Labute approximate surface area is 147 Å². The van der Waals surface area contributed by atoms with Crippen molar-refractivity contribution in [1.82, 2.24) is 0 Å². The van der Waals surface area contributed by atoms with Gasteiger partial charge in [-0.3, -0.25) is 9.56 Å². The maximum atomic E-state index is 10.7. The minimum Gasteiger partial charge on any atom is -0.497 e. The quantitative estimate of drug-likeness (QED) is 0.334. The minimum atomic E-state index is -3.90. The highest BCUT2D eigenvalue weighted by Crippen LogP contribution is 2.18. The lowest BCUT2D eigenvalue weighted by Gasteiger charge is -2.13. The van der Waals surface area contributed by atoms with Crippen molar-refractivity contribution in [3.05, 3.63) is 54.4 Å². The molecular weight excluding hydrogens is 342 g/mol. The van der Waals surface area contributed by atoms with Crippen LogP contribution < -0.4 is 14.3 Å². The van der Waals surface area contributed by atoms with Crippen LogP contribution in [0.2, 0.25) is 0 Å². The molecule has 0 saturated carbocycles. The second-order valence-corrected chi connectivity index (χ2v) is 7.05. The molecule has 0 spiro atoms. The molecule has 8 heteroatoms. The minimum absolute atomic E-state index is 0.240. The molecule has 0 fully saturated rings. The van der Waals surface area contributed by atoms with Crippen molar-refractivity contribution in [3.8, 4) is 5.75 Å². The van der Waals surface area contributed by atoms with Gasteiger partial charge in [0, 0.05) is 31.2 Å². The topological polar surface area (TPSA) is 83.1 Å². The molecule has 0 bridgehead atoms. The van der Waals surface area contributed by atoms with E-state index in [9.17, 15) is 8.42 Å². The maximum absolute atomic E-state index is 10.7. The van der Waals surface area contributed by atoms with Gasteiger partial charge in [0.15, 0.2) is 12.4 Å². The molecule has 134 valence electrons. The van der Waals surface area contributed by atoms with E-state index in [2.05, 4.69) is 5.10 Å². The van der Waals surface area contributed by atoms with Gasteiger partial charge < -0.3 is 4.74 Å². The van der Waals surface area contributed by atoms with E-state index in [0.29, 0.717) is 13.0 Å². The molecule has 25 heavy (non-hydrogen) atoms. The van der Waals surface area contributed by atoms with Crippen LogP contribution in [0.15, 0.2) is 53.9 Å². The molecular formula is C17H22N3O4S+. The molecule has 0 radical (unpaired) electrons. The molecule has 0 unspecified atom stereocenters. The molecule has 7 nitrogen and oxygen atoms in total. The third-order valence-electron chi connectivity index (χ3n) is 3.56. The third kappa shape index (κ3) is 6.52. The Morgan fingerprint density at radius 3 is 2.40 bits per heavy atom. The first kappa shape index (κ1) is 18.9. The Bertz CT molecular complexity index is 803. The zero-order chi connectivity index (χ0) is 18.3. The van der Waals surface area contributed by atoms with Crippen LogP contribution in [-0.2, 0) is 16.7 Å². The number of aromatic nitrogens is 1. The third-order valence-corrected chi connectivity index (χ3v) is 4.37. The molecule has 0 aliphatic heterocycles. The average Bonchev–Trinajstić information content (AvgIpc) is 2.60. The number of hydrazone groups is 1. The number of benzene rings is 1. The summed E-state index contributed by atoms with van der Waals surface area (Å²) in [5.74, 6) is 0.554. The van der Waals surface area contributed by atoms with E-state index in [0.717, 1.165) is 17.0 Å². The van der Waals surface area contributed by atoms with Gasteiger partial charge in [0.05, 0.1) is 24.8 Å². The van der Waals surface area contributed by atoms with Crippen molar-refractivity contribution in [2.24, 2.45) is 5.10 Å². The molecule has 1 N–H and O–H groups in total. The van der Waals surface area contributed by atoms with E-state index in [1.807, 2.05) is 60.4 Å².